The maximum Gasteiger partial charge on any atom is 0.187 e. The van der Waals surface area contributed by atoms with Crippen molar-refractivity contribution >= 4 is 51.1 Å². The number of halogens is 2. The number of nitrogens with zero attached hydrogens (tertiary/aromatic N) is 3. The normalized spacial score (nSPS) is 11.7. The lowest BCUT2D eigenvalue weighted by atomic mass is 10.1. The van der Waals surface area contributed by atoms with E-state index in [0.717, 1.165) is 15.7 Å². The highest BCUT2D eigenvalue weighted by molar-refractivity contribution is 9.10. The van der Waals surface area contributed by atoms with Gasteiger partial charge in [0.05, 0.1) is 29.1 Å². The topological polar surface area (TPSA) is 54.2 Å². The summed E-state index contributed by atoms with van der Waals surface area (Å²) in [7, 11) is 0. The van der Waals surface area contributed by atoms with Crippen molar-refractivity contribution < 1.29 is 0 Å². The van der Waals surface area contributed by atoms with Gasteiger partial charge in [0.1, 0.15) is 0 Å². The number of hydrogen-bond donors (Lipinski definition) is 2. The molecule has 5 nitrogen and oxygen atoms in total. The Kier molecular flexibility index (Phi) is 6.37. The fourth-order valence-electron chi connectivity index (χ4n) is 1.91. The second kappa shape index (κ2) is 8.09. The summed E-state index contributed by atoms with van der Waals surface area (Å²) in [6.07, 6.45) is 3.42. The smallest absolute Gasteiger partial charge is 0.187 e. The van der Waals surface area contributed by atoms with Crippen molar-refractivity contribution in [3.05, 3.63) is 51.2 Å². The Balaban J connectivity index is 2.05. The molecule has 0 bridgehead atoms. The van der Waals surface area contributed by atoms with E-state index in [1.165, 1.54) is 0 Å². The molecule has 0 amide bonds. The number of benzene rings is 1. The van der Waals surface area contributed by atoms with E-state index in [9.17, 15) is 0 Å². The van der Waals surface area contributed by atoms with Gasteiger partial charge in [-0.2, -0.15) is 10.2 Å². The second-order valence-corrected chi connectivity index (χ2v) is 7.94. The number of thiocarbonyl (C=S) groups is 1. The molecule has 1 aromatic carbocycles. The van der Waals surface area contributed by atoms with E-state index in [-0.39, 0.29) is 5.54 Å². The maximum atomic E-state index is 5.92. The van der Waals surface area contributed by atoms with Crippen LogP contribution in [0.1, 0.15) is 32.0 Å². The number of rotatable bonds is 4. The third kappa shape index (κ3) is 5.89. The van der Waals surface area contributed by atoms with Crippen LogP contribution in [0, 0.1) is 0 Å². The number of nitrogens with one attached hydrogen (secondary N) is 2. The van der Waals surface area contributed by atoms with Gasteiger partial charge in [-0.05, 0) is 66.6 Å². The molecule has 24 heavy (non-hydrogen) atoms. The van der Waals surface area contributed by atoms with E-state index in [1.807, 2.05) is 49.7 Å². The SMILES string of the molecule is CC(C)(C)NC(=S)N/N=C\c1c(Br)cnn1Cc1ccc(Cl)cc1. The maximum absolute atomic E-state index is 5.92. The minimum atomic E-state index is -0.115. The fraction of sp³-hybridized carbons (Fsp3) is 0.312. The van der Waals surface area contributed by atoms with Gasteiger partial charge < -0.3 is 5.32 Å². The predicted molar refractivity (Wildman–Crippen MR) is 107 cm³/mol. The van der Waals surface area contributed by atoms with Crippen molar-refractivity contribution in [2.75, 3.05) is 0 Å². The molecule has 0 spiro atoms. The molecule has 0 aliphatic heterocycles. The molecule has 0 aliphatic carbocycles. The Morgan fingerprint density at radius 1 is 1.38 bits per heavy atom. The van der Waals surface area contributed by atoms with Crippen LogP contribution < -0.4 is 10.7 Å². The molecule has 0 unspecified atom stereocenters. The summed E-state index contributed by atoms with van der Waals surface area (Å²) in [6.45, 7) is 6.71. The molecule has 2 N–H and O–H groups in total. The van der Waals surface area contributed by atoms with Gasteiger partial charge in [-0.3, -0.25) is 10.1 Å². The molecule has 128 valence electrons. The molecule has 2 rings (SSSR count). The van der Waals surface area contributed by atoms with Gasteiger partial charge in [0.25, 0.3) is 0 Å². The first-order valence-corrected chi connectivity index (χ1v) is 8.89. The van der Waals surface area contributed by atoms with Gasteiger partial charge in [0.2, 0.25) is 0 Å². The van der Waals surface area contributed by atoms with Crippen molar-refractivity contribution in [2.24, 2.45) is 5.10 Å². The van der Waals surface area contributed by atoms with E-state index in [0.29, 0.717) is 16.7 Å². The molecule has 0 saturated carbocycles. The molecule has 0 radical (unpaired) electrons. The molecule has 1 aromatic heterocycles. The van der Waals surface area contributed by atoms with Crippen LogP contribution in [0.15, 0.2) is 40.0 Å². The van der Waals surface area contributed by atoms with Crippen LogP contribution in [0.2, 0.25) is 5.02 Å². The Morgan fingerprint density at radius 2 is 2.04 bits per heavy atom. The van der Waals surface area contributed by atoms with Crippen LogP contribution in [0.25, 0.3) is 0 Å². The van der Waals surface area contributed by atoms with E-state index >= 15 is 0 Å². The first-order valence-electron chi connectivity index (χ1n) is 7.31. The molecule has 2 aromatic rings. The third-order valence-corrected chi connectivity index (χ3v) is 3.98. The Morgan fingerprint density at radius 3 is 2.67 bits per heavy atom. The number of hydrogen-bond acceptors (Lipinski definition) is 3. The van der Waals surface area contributed by atoms with E-state index in [1.54, 1.807) is 12.4 Å². The lowest BCUT2D eigenvalue weighted by Crippen LogP contribution is -2.44. The lowest BCUT2D eigenvalue weighted by Gasteiger charge is -2.21. The predicted octanol–water partition coefficient (Wildman–Crippen LogP) is 3.94. The summed E-state index contributed by atoms with van der Waals surface area (Å²) in [6, 6.07) is 7.67. The van der Waals surface area contributed by atoms with Gasteiger partial charge >= 0.3 is 0 Å². The minimum absolute atomic E-state index is 0.115. The average Bonchev–Trinajstić information content (AvgIpc) is 2.81. The molecule has 0 fully saturated rings. The minimum Gasteiger partial charge on any atom is -0.357 e. The quantitative estimate of drug-likeness (QED) is 0.440. The lowest BCUT2D eigenvalue weighted by molar-refractivity contribution is 0.508. The zero-order chi connectivity index (χ0) is 17.7. The van der Waals surface area contributed by atoms with Gasteiger partial charge in [-0.1, -0.05) is 23.7 Å². The summed E-state index contributed by atoms with van der Waals surface area (Å²) in [4.78, 5) is 0. The largest absolute Gasteiger partial charge is 0.357 e. The van der Waals surface area contributed by atoms with Crippen LogP contribution in [0.3, 0.4) is 0 Å². The third-order valence-electron chi connectivity index (χ3n) is 2.92. The zero-order valence-corrected chi connectivity index (χ0v) is 16.8. The fourth-order valence-corrected chi connectivity index (χ4v) is 2.79. The molecule has 0 aliphatic rings. The van der Waals surface area contributed by atoms with Crippen molar-refractivity contribution in [3.63, 3.8) is 0 Å². The van der Waals surface area contributed by atoms with Crippen LogP contribution in [0.5, 0.6) is 0 Å². The summed E-state index contributed by atoms with van der Waals surface area (Å²) >= 11 is 14.6. The summed E-state index contributed by atoms with van der Waals surface area (Å²) < 4.78 is 2.70. The van der Waals surface area contributed by atoms with Crippen LogP contribution in [-0.4, -0.2) is 26.6 Å². The highest BCUT2D eigenvalue weighted by Gasteiger charge is 2.11. The molecule has 0 saturated heterocycles. The number of hydrazone groups is 1. The standard InChI is InChI=1S/C16H19BrClN5S/c1-16(2,3)21-15(24)22-19-9-14-13(17)8-20-23(14)10-11-4-6-12(18)7-5-11/h4-9H,10H2,1-3H3,(H2,21,22,24)/b19-9-. The van der Waals surface area contributed by atoms with Crippen LogP contribution >= 0.6 is 39.7 Å². The molecule has 8 heteroatoms. The van der Waals surface area contributed by atoms with Crippen molar-refractivity contribution in [1.29, 1.82) is 0 Å². The van der Waals surface area contributed by atoms with Crippen molar-refractivity contribution in [3.8, 4) is 0 Å². The summed E-state index contributed by atoms with van der Waals surface area (Å²) in [5, 5.41) is 12.9. The molecule has 0 atom stereocenters. The van der Waals surface area contributed by atoms with E-state index < -0.39 is 0 Å². The summed E-state index contributed by atoms with van der Waals surface area (Å²) in [5.74, 6) is 0. The Bertz CT molecular complexity index is 734. The van der Waals surface area contributed by atoms with Crippen molar-refractivity contribution in [2.45, 2.75) is 32.9 Å². The average molecular weight is 429 g/mol. The molecule has 1 heterocycles. The molecular weight excluding hydrogens is 410 g/mol. The first kappa shape index (κ1) is 18.9. The monoisotopic (exact) mass is 427 g/mol. The van der Waals surface area contributed by atoms with Crippen LogP contribution in [-0.2, 0) is 6.54 Å². The van der Waals surface area contributed by atoms with Gasteiger partial charge in [0, 0.05) is 10.6 Å². The Hall–Kier alpha value is -1.44. The van der Waals surface area contributed by atoms with E-state index in [4.69, 9.17) is 23.8 Å². The van der Waals surface area contributed by atoms with Gasteiger partial charge in [-0.25, -0.2) is 0 Å². The Labute approximate surface area is 160 Å². The summed E-state index contributed by atoms with van der Waals surface area (Å²) in [5.41, 5.74) is 4.64. The van der Waals surface area contributed by atoms with Crippen LogP contribution in [0.4, 0.5) is 0 Å². The second-order valence-electron chi connectivity index (χ2n) is 6.24. The zero-order valence-electron chi connectivity index (χ0n) is 13.7. The van der Waals surface area contributed by atoms with E-state index in [2.05, 4.69) is 36.9 Å². The highest BCUT2D eigenvalue weighted by Crippen LogP contribution is 2.16. The highest BCUT2D eigenvalue weighted by atomic mass is 79.9. The van der Waals surface area contributed by atoms with Crippen molar-refractivity contribution in [1.82, 2.24) is 20.5 Å². The number of aromatic nitrogens is 2. The molecular formula is C16H19BrClN5S. The van der Waals surface area contributed by atoms with Gasteiger partial charge in [-0.15, -0.1) is 0 Å². The van der Waals surface area contributed by atoms with Gasteiger partial charge in [0.15, 0.2) is 5.11 Å². The first-order chi connectivity index (χ1) is 11.2.